The molecule has 8 heteroatoms. The van der Waals surface area contributed by atoms with Gasteiger partial charge >= 0.3 is 0 Å². The van der Waals surface area contributed by atoms with Gasteiger partial charge in [-0.3, -0.25) is 4.79 Å². The highest BCUT2D eigenvalue weighted by molar-refractivity contribution is 7.20. The van der Waals surface area contributed by atoms with Crippen LogP contribution in [0.4, 0.5) is 15.9 Å². The molecule has 1 unspecified atom stereocenters. The third-order valence-corrected chi connectivity index (χ3v) is 6.87. The number of rotatable bonds is 5. The van der Waals surface area contributed by atoms with Crippen LogP contribution in [0.25, 0.3) is 10.2 Å². The van der Waals surface area contributed by atoms with Gasteiger partial charge in [-0.05, 0) is 38.0 Å². The maximum Gasteiger partial charge on any atom is 0.261 e. The number of para-hydroxylation sites is 1. The van der Waals surface area contributed by atoms with E-state index in [1.165, 1.54) is 17.4 Å². The number of amides is 1. The number of anilines is 2. The molecule has 1 atom stereocenters. The second-order valence-corrected chi connectivity index (χ2v) is 8.64. The molecule has 1 amide bonds. The van der Waals surface area contributed by atoms with Gasteiger partial charge in [0.05, 0.1) is 16.0 Å². The lowest BCUT2D eigenvalue weighted by molar-refractivity contribution is 0.0943. The van der Waals surface area contributed by atoms with Gasteiger partial charge in [0, 0.05) is 32.2 Å². The minimum absolute atomic E-state index is 0.0554. The first-order valence-corrected chi connectivity index (χ1v) is 11.1. The lowest BCUT2D eigenvalue weighted by atomic mass is 10.1. The van der Waals surface area contributed by atoms with E-state index >= 15 is 0 Å². The number of carbonyl (C=O) groups is 1. The van der Waals surface area contributed by atoms with Gasteiger partial charge in [0.15, 0.2) is 0 Å². The molecule has 1 N–H and O–H groups in total. The Labute approximate surface area is 179 Å². The van der Waals surface area contributed by atoms with Crippen LogP contribution in [0.1, 0.15) is 35.5 Å². The van der Waals surface area contributed by atoms with Crippen molar-refractivity contribution >= 4 is 39.0 Å². The topological polar surface area (TPSA) is 61.4 Å². The van der Waals surface area contributed by atoms with Gasteiger partial charge in [-0.2, -0.15) is 0 Å². The van der Waals surface area contributed by atoms with Crippen molar-refractivity contribution in [1.29, 1.82) is 0 Å². The first-order valence-electron chi connectivity index (χ1n) is 10.3. The number of halogens is 1. The molecule has 1 aliphatic rings. The van der Waals surface area contributed by atoms with Gasteiger partial charge in [0.25, 0.3) is 5.91 Å². The summed E-state index contributed by atoms with van der Waals surface area (Å²) in [4.78, 5) is 27.5. The van der Waals surface area contributed by atoms with E-state index in [9.17, 15) is 9.18 Å². The van der Waals surface area contributed by atoms with Crippen LogP contribution in [0, 0.1) is 12.7 Å². The van der Waals surface area contributed by atoms with Crippen molar-refractivity contribution in [3.05, 3.63) is 46.9 Å². The predicted molar refractivity (Wildman–Crippen MR) is 120 cm³/mol. The summed E-state index contributed by atoms with van der Waals surface area (Å²) in [6.45, 7) is 8.88. The number of hydrogen-bond donors (Lipinski definition) is 1. The summed E-state index contributed by atoms with van der Waals surface area (Å²) in [6.07, 6.45) is 2.44. The molecule has 1 saturated heterocycles. The highest BCUT2D eigenvalue weighted by Gasteiger charge is 2.25. The van der Waals surface area contributed by atoms with Gasteiger partial charge in [-0.1, -0.05) is 19.1 Å². The van der Waals surface area contributed by atoms with E-state index in [0.29, 0.717) is 23.7 Å². The zero-order valence-electron chi connectivity index (χ0n) is 17.5. The van der Waals surface area contributed by atoms with Crippen molar-refractivity contribution in [2.24, 2.45) is 0 Å². The average Bonchev–Trinajstić information content (AvgIpc) is 3.11. The van der Waals surface area contributed by atoms with Crippen molar-refractivity contribution in [1.82, 2.24) is 15.3 Å². The number of thiophene rings is 1. The van der Waals surface area contributed by atoms with Crippen molar-refractivity contribution in [2.45, 2.75) is 33.2 Å². The van der Waals surface area contributed by atoms with Crippen LogP contribution in [-0.4, -0.2) is 48.1 Å². The monoisotopic (exact) mass is 427 g/mol. The first-order chi connectivity index (χ1) is 14.5. The molecule has 30 heavy (non-hydrogen) atoms. The van der Waals surface area contributed by atoms with Crippen LogP contribution in [0.5, 0.6) is 0 Å². The Bertz CT molecular complexity index is 1060. The zero-order chi connectivity index (χ0) is 21.3. The minimum Gasteiger partial charge on any atom is -0.366 e. The van der Waals surface area contributed by atoms with Gasteiger partial charge in [0.2, 0.25) is 0 Å². The standard InChI is InChI=1S/C22H26FN5OS/c1-4-14(2)26-21(29)19-15(3)18-20(24-13-25-22(18)30-19)28-11-9-27(10-12-28)17-8-6-5-7-16(17)23/h5-8,13-14H,4,9-12H2,1-3H3,(H,26,29). The van der Waals surface area contributed by atoms with Crippen LogP contribution < -0.4 is 15.1 Å². The maximum atomic E-state index is 14.1. The summed E-state index contributed by atoms with van der Waals surface area (Å²) in [5.41, 5.74) is 1.56. The van der Waals surface area contributed by atoms with E-state index in [0.717, 1.165) is 41.1 Å². The minimum atomic E-state index is -0.194. The number of nitrogens with zero attached hydrogens (tertiary/aromatic N) is 4. The average molecular weight is 428 g/mol. The molecule has 0 radical (unpaired) electrons. The molecule has 2 aromatic heterocycles. The molecule has 1 fully saturated rings. The molecular formula is C22H26FN5OS. The molecule has 158 valence electrons. The summed E-state index contributed by atoms with van der Waals surface area (Å²) in [7, 11) is 0. The number of fused-ring (bicyclic) bond motifs is 1. The van der Waals surface area contributed by atoms with Gasteiger partial charge < -0.3 is 15.1 Å². The Morgan fingerprint density at radius 3 is 2.60 bits per heavy atom. The van der Waals surface area contributed by atoms with E-state index in [4.69, 9.17) is 0 Å². The van der Waals surface area contributed by atoms with Crippen LogP contribution in [0.2, 0.25) is 0 Å². The number of nitrogens with one attached hydrogen (secondary N) is 1. The SMILES string of the molecule is CCC(C)NC(=O)c1sc2ncnc(N3CCN(c4ccccc4F)CC3)c2c1C. The Morgan fingerprint density at radius 1 is 1.20 bits per heavy atom. The van der Waals surface area contributed by atoms with Crippen LogP contribution in [0.3, 0.4) is 0 Å². The number of piperazine rings is 1. The lowest BCUT2D eigenvalue weighted by Gasteiger charge is -2.37. The normalized spacial score (nSPS) is 15.5. The maximum absolute atomic E-state index is 14.1. The van der Waals surface area contributed by atoms with E-state index in [2.05, 4.69) is 25.1 Å². The van der Waals surface area contributed by atoms with Crippen LogP contribution >= 0.6 is 11.3 Å². The quantitative estimate of drug-likeness (QED) is 0.667. The second-order valence-electron chi connectivity index (χ2n) is 7.64. The van der Waals surface area contributed by atoms with E-state index in [1.54, 1.807) is 12.4 Å². The van der Waals surface area contributed by atoms with Crippen molar-refractivity contribution in [3.8, 4) is 0 Å². The Morgan fingerprint density at radius 2 is 1.90 bits per heavy atom. The van der Waals surface area contributed by atoms with Crippen molar-refractivity contribution in [2.75, 3.05) is 36.0 Å². The number of aryl methyl sites for hydroxylation is 1. The third-order valence-electron chi connectivity index (χ3n) is 5.68. The summed E-state index contributed by atoms with van der Waals surface area (Å²) in [5, 5.41) is 3.98. The smallest absolute Gasteiger partial charge is 0.261 e. The lowest BCUT2D eigenvalue weighted by Crippen LogP contribution is -2.47. The molecule has 0 spiro atoms. The fourth-order valence-corrected chi connectivity index (χ4v) is 4.81. The molecule has 0 saturated carbocycles. The molecular weight excluding hydrogens is 401 g/mol. The Kier molecular flexibility index (Phi) is 5.85. The van der Waals surface area contributed by atoms with Crippen molar-refractivity contribution in [3.63, 3.8) is 0 Å². The van der Waals surface area contributed by atoms with Gasteiger partial charge in [0.1, 0.15) is 22.8 Å². The molecule has 3 heterocycles. The summed E-state index contributed by atoms with van der Waals surface area (Å²) >= 11 is 1.41. The largest absolute Gasteiger partial charge is 0.366 e. The van der Waals surface area contributed by atoms with Gasteiger partial charge in [-0.15, -0.1) is 11.3 Å². The zero-order valence-corrected chi connectivity index (χ0v) is 18.3. The molecule has 1 aliphatic heterocycles. The highest BCUT2D eigenvalue weighted by Crippen LogP contribution is 2.35. The number of hydrogen-bond acceptors (Lipinski definition) is 6. The second kappa shape index (κ2) is 8.55. The van der Waals surface area contributed by atoms with Gasteiger partial charge in [-0.25, -0.2) is 14.4 Å². The Balaban J connectivity index is 1.58. The first kappa shape index (κ1) is 20.5. The number of aromatic nitrogens is 2. The summed E-state index contributed by atoms with van der Waals surface area (Å²) in [6, 6.07) is 7.01. The van der Waals surface area contributed by atoms with E-state index < -0.39 is 0 Å². The van der Waals surface area contributed by atoms with E-state index in [1.807, 2.05) is 32.9 Å². The fourth-order valence-electron chi connectivity index (χ4n) is 3.77. The number of carbonyl (C=O) groups excluding carboxylic acids is 1. The van der Waals surface area contributed by atoms with Crippen LogP contribution in [0.15, 0.2) is 30.6 Å². The molecule has 0 aliphatic carbocycles. The molecule has 3 aromatic rings. The molecule has 0 bridgehead atoms. The molecule has 6 nitrogen and oxygen atoms in total. The fraction of sp³-hybridized carbons (Fsp3) is 0.409. The predicted octanol–water partition coefficient (Wildman–Crippen LogP) is 3.99. The third kappa shape index (κ3) is 3.84. The molecule has 1 aromatic carbocycles. The van der Waals surface area contributed by atoms with Crippen molar-refractivity contribution < 1.29 is 9.18 Å². The summed E-state index contributed by atoms with van der Waals surface area (Å²) in [5.74, 6) is 0.603. The summed E-state index contributed by atoms with van der Waals surface area (Å²) < 4.78 is 14.1. The Hall–Kier alpha value is -2.74. The van der Waals surface area contributed by atoms with E-state index in [-0.39, 0.29) is 17.8 Å². The molecule has 4 rings (SSSR count). The van der Waals surface area contributed by atoms with Crippen LogP contribution in [-0.2, 0) is 0 Å². The number of benzene rings is 1. The highest BCUT2D eigenvalue weighted by atomic mass is 32.1.